The largest absolute Gasteiger partial charge is 0.438 e. The predicted molar refractivity (Wildman–Crippen MR) is 77.9 cm³/mol. The van der Waals surface area contributed by atoms with Gasteiger partial charge >= 0.3 is 0 Å². The maximum Gasteiger partial charge on any atom is 0.228 e. The quantitative estimate of drug-likeness (QED) is 0.673. The van der Waals surface area contributed by atoms with E-state index < -0.39 is 0 Å². The van der Waals surface area contributed by atoms with E-state index in [4.69, 9.17) is 15.9 Å². The Hall–Kier alpha value is -1.82. The number of amidine groups is 1. The van der Waals surface area contributed by atoms with E-state index in [0.717, 1.165) is 10.0 Å². The first-order chi connectivity index (χ1) is 8.90. The molecule has 6 heteroatoms. The number of ether oxygens (including phenoxy) is 1. The Morgan fingerprint density at radius 2 is 2.11 bits per heavy atom. The van der Waals surface area contributed by atoms with E-state index in [2.05, 4.69) is 21.0 Å². The molecule has 0 aliphatic carbocycles. The molecule has 1 aromatic carbocycles. The fraction of sp³-hybridized carbons (Fsp3) is 0.231. The lowest BCUT2D eigenvalue weighted by molar-refractivity contribution is 0.427. The number of nitrogens with one attached hydrogen (secondary N) is 1. The van der Waals surface area contributed by atoms with E-state index >= 15 is 0 Å². The summed E-state index contributed by atoms with van der Waals surface area (Å²) in [4.78, 5) is 0. The van der Waals surface area contributed by atoms with Crippen molar-refractivity contribution in [2.24, 2.45) is 12.8 Å². The van der Waals surface area contributed by atoms with Gasteiger partial charge in [0, 0.05) is 11.5 Å². The average Bonchev–Trinajstić information content (AvgIpc) is 2.57. The molecule has 1 heterocycles. The van der Waals surface area contributed by atoms with Crippen LogP contribution in [0.15, 0.2) is 22.7 Å². The van der Waals surface area contributed by atoms with Crippen LogP contribution < -0.4 is 10.5 Å². The van der Waals surface area contributed by atoms with Crippen LogP contribution in [0.5, 0.6) is 11.6 Å². The molecule has 2 aromatic rings. The molecule has 0 aliphatic heterocycles. The first-order valence-electron chi connectivity index (χ1n) is 5.72. The number of rotatable bonds is 3. The van der Waals surface area contributed by atoms with Crippen molar-refractivity contribution < 1.29 is 4.74 Å². The number of nitrogen functional groups attached to an aromatic ring is 1. The van der Waals surface area contributed by atoms with Gasteiger partial charge in [-0.2, -0.15) is 5.10 Å². The number of benzene rings is 1. The van der Waals surface area contributed by atoms with Crippen molar-refractivity contribution in [3.63, 3.8) is 0 Å². The molecule has 0 radical (unpaired) electrons. The number of aromatic nitrogens is 2. The van der Waals surface area contributed by atoms with E-state index in [-0.39, 0.29) is 5.84 Å². The maximum absolute atomic E-state index is 7.62. The van der Waals surface area contributed by atoms with E-state index in [1.54, 1.807) is 18.7 Å². The number of aryl methyl sites for hydroxylation is 3. The Balaban J connectivity index is 2.46. The predicted octanol–water partition coefficient (Wildman–Crippen LogP) is 2.88. The Morgan fingerprint density at radius 3 is 2.68 bits per heavy atom. The summed E-state index contributed by atoms with van der Waals surface area (Å²) in [5, 5.41) is 11.9. The smallest absolute Gasteiger partial charge is 0.228 e. The molecular formula is C13H15BrN4O. The zero-order valence-corrected chi connectivity index (χ0v) is 12.6. The third-order valence-electron chi connectivity index (χ3n) is 2.78. The van der Waals surface area contributed by atoms with Gasteiger partial charge in [0.05, 0.1) is 5.69 Å². The second-order valence-corrected chi connectivity index (χ2v) is 5.23. The molecule has 19 heavy (non-hydrogen) atoms. The van der Waals surface area contributed by atoms with Gasteiger partial charge in [-0.15, -0.1) is 0 Å². The molecule has 0 aliphatic rings. The van der Waals surface area contributed by atoms with Crippen LogP contribution in [0.3, 0.4) is 0 Å². The molecule has 0 atom stereocenters. The van der Waals surface area contributed by atoms with Gasteiger partial charge in [-0.05, 0) is 37.6 Å². The first-order valence-corrected chi connectivity index (χ1v) is 6.51. The molecule has 2 rings (SSSR count). The van der Waals surface area contributed by atoms with Gasteiger partial charge in [-0.1, -0.05) is 15.9 Å². The van der Waals surface area contributed by atoms with Crippen LogP contribution in [0, 0.1) is 19.3 Å². The highest BCUT2D eigenvalue weighted by Crippen LogP contribution is 2.30. The van der Waals surface area contributed by atoms with Crippen LogP contribution in [0.4, 0.5) is 0 Å². The summed E-state index contributed by atoms with van der Waals surface area (Å²) in [6.45, 7) is 3.76. The summed E-state index contributed by atoms with van der Waals surface area (Å²) in [5.41, 5.74) is 7.79. The molecule has 0 bridgehead atoms. The van der Waals surface area contributed by atoms with E-state index in [1.165, 1.54) is 0 Å². The minimum absolute atomic E-state index is 0.0460. The Bertz CT molecular complexity index is 648. The molecule has 0 saturated carbocycles. The lowest BCUT2D eigenvalue weighted by Gasteiger charge is -2.10. The van der Waals surface area contributed by atoms with Crippen molar-refractivity contribution in [3.8, 4) is 11.6 Å². The molecule has 100 valence electrons. The SMILES string of the molecule is Cc1cc(Br)ccc1Oc1c(C(=N)N)c(C)nn1C. The van der Waals surface area contributed by atoms with Gasteiger partial charge in [-0.3, -0.25) is 5.41 Å². The van der Waals surface area contributed by atoms with Crippen molar-refractivity contribution in [3.05, 3.63) is 39.5 Å². The highest BCUT2D eigenvalue weighted by Gasteiger charge is 2.18. The van der Waals surface area contributed by atoms with Crippen molar-refractivity contribution >= 4 is 21.8 Å². The standard InChI is InChI=1S/C13H15BrN4O/c1-7-6-9(14)4-5-10(7)19-13-11(12(15)16)8(2)17-18(13)3/h4-6H,1-3H3,(H3,15,16). The fourth-order valence-corrected chi connectivity index (χ4v) is 2.37. The van der Waals surface area contributed by atoms with Crippen LogP contribution in [-0.2, 0) is 7.05 Å². The Kier molecular flexibility index (Phi) is 3.61. The average molecular weight is 323 g/mol. The summed E-state index contributed by atoms with van der Waals surface area (Å²) in [5.74, 6) is 1.15. The van der Waals surface area contributed by atoms with E-state index in [1.807, 2.05) is 25.1 Å². The summed E-state index contributed by atoms with van der Waals surface area (Å²) >= 11 is 3.41. The fourth-order valence-electron chi connectivity index (χ4n) is 1.90. The number of nitrogens with two attached hydrogens (primary N) is 1. The molecule has 0 fully saturated rings. The summed E-state index contributed by atoms with van der Waals surface area (Å²) < 4.78 is 8.45. The summed E-state index contributed by atoms with van der Waals surface area (Å²) in [7, 11) is 1.77. The molecular weight excluding hydrogens is 308 g/mol. The topological polar surface area (TPSA) is 76.9 Å². The minimum Gasteiger partial charge on any atom is -0.438 e. The van der Waals surface area contributed by atoms with Crippen LogP contribution in [-0.4, -0.2) is 15.6 Å². The molecule has 5 nitrogen and oxygen atoms in total. The second-order valence-electron chi connectivity index (χ2n) is 4.31. The van der Waals surface area contributed by atoms with E-state index in [9.17, 15) is 0 Å². The molecule has 0 unspecified atom stereocenters. The molecule has 0 amide bonds. The Labute approximate surface area is 120 Å². The number of nitrogens with zero attached hydrogens (tertiary/aromatic N) is 2. The number of hydrogen-bond acceptors (Lipinski definition) is 3. The number of halogens is 1. The maximum atomic E-state index is 7.62. The van der Waals surface area contributed by atoms with Crippen molar-refractivity contribution in [1.29, 1.82) is 5.41 Å². The van der Waals surface area contributed by atoms with Crippen LogP contribution in [0.2, 0.25) is 0 Å². The Morgan fingerprint density at radius 1 is 1.42 bits per heavy atom. The molecule has 0 spiro atoms. The summed E-state index contributed by atoms with van der Waals surface area (Å²) in [6.07, 6.45) is 0. The molecule has 0 saturated heterocycles. The number of hydrogen-bond donors (Lipinski definition) is 2. The highest BCUT2D eigenvalue weighted by atomic mass is 79.9. The minimum atomic E-state index is -0.0460. The van der Waals surface area contributed by atoms with E-state index in [0.29, 0.717) is 22.9 Å². The zero-order chi connectivity index (χ0) is 14.2. The van der Waals surface area contributed by atoms with Gasteiger partial charge in [0.2, 0.25) is 5.88 Å². The monoisotopic (exact) mass is 322 g/mol. The second kappa shape index (κ2) is 5.05. The van der Waals surface area contributed by atoms with Gasteiger partial charge < -0.3 is 10.5 Å². The lowest BCUT2D eigenvalue weighted by atomic mass is 10.2. The zero-order valence-electron chi connectivity index (χ0n) is 11.0. The molecule has 3 N–H and O–H groups in total. The molecule has 1 aromatic heterocycles. The highest BCUT2D eigenvalue weighted by molar-refractivity contribution is 9.10. The van der Waals surface area contributed by atoms with Gasteiger partial charge in [0.15, 0.2) is 0 Å². The van der Waals surface area contributed by atoms with Gasteiger partial charge in [0.1, 0.15) is 17.1 Å². The normalized spacial score (nSPS) is 10.5. The van der Waals surface area contributed by atoms with Crippen molar-refractivity contribution in [2.75, 3.05) is 0 Å². The van der Waals surface area contributed by atoms with Crippen molar-refractivity contribution in [1.82, 2.24) is 9.78 Å². The van der Waals surface area contributed by atoms with Crippen LogP contribution >= 0.6 is 15.9 Å². The van der Waals surface area contributed by atoms with Crippen LogP contribution in [0.25, 0.3) is 0 Å². The van der Waals surface area contributed by atoms with Gasteiger partial charge in [0.25, 0.3) is 0 Å². The third kappa shape index (κ3) is 2.63. The third-order valence-corrected chi connectivity index (χ3v) is 3.28. The van der Waals surface area contributed by atoms with Crippen molar-refractivity contribution in [2.45, 2.75) is 13.8 Å². The first kappa shape index (κ1) is 13.6. The van der Waals surface area contributed by atoms with Crippen LogP contribution in [0.1, 0.15) is 16.8 Å². The lowest BCUT2D eigenvalue weighted by Crippen LogP contribution is -2.13. The summed E-state index contributed by atoms with van der Waals surface area (Å²) in [6, 6.07) is 5.73. The van der Waals surface area contributed by atoms with Gasteiger partial charge in [-0.25, -0.2) is 4.68 Å².